The van der Waals surface area contributed by atoms with Gasteiger partial charge in [-0.05, 0) is 36.8 Å². The molecule has 20 heavy (non-hydrogen) atoms. The average molecular weight is 271 g/mol. The second kappa shape index (κ2) is 6.42. The number of pyridine rings is 1. The number of benzene rings is 1. The van der Waals surface area contributed by atoms with Crippen molar-refractivity contribution in [2.75, 3.05) is 0 Å². The lowest BCUT2D eigenvalue weighted by molar-refractivity contribution is -0.384. The highest BCUT2D eigenvalue weighted by molar-refractivity contribution is 5.96. The van der Waals surface area contributed by atoms with Gasteiger partial charge < -0.3 is 4.84 Å². The van der Waals surface area contributed by atoms with Gasteiger partial charge in [0.15, 0.2) is 0 Å². The van der Waals surface area contributed by atoms with Crippen molar-refractivity contribution in [2.24, 2.45) is 5.16 Å². The second-order valence-corrected chi connectivity index (χ2v) is 4.09. The number of hydrogen-bond donors (Lipinski definition) is 0. The molecule has 0 N–H and O–H groups in total. The number of nitro groups is 1. The molecule has 2 rings (SSSR count). The van der Waals surface area contributed by atoms with Gasteiger partial charge in [-0.15, -0.1) is 0 Å². The fourth-order valence-electron chi connectivity index (χ4n) is 1.54. The first-order chi connectivity index (χ1) is 9.66. The van der Waals surface area contributed by atoms with Crippen LogP contribution in [0, 0.1) is 10.1 Å². The van der Waals surface area contributed by atoms with Crippen molar-refractivity contribution in [3.8, 4) is 0 Å². The van der Waals surface area contributed by atoms with Crippen molar-refractivity contribution >= 4 is 11.4 Å². The van der Waals surface area contributed by atoms with E-state index in [2.05, 4.69) is 10.1 Å². The molecule has 1 aromatic carbocycles. The summed E-state index contributed by atoms with van der Waals surface area (Å²) >= 11 is 0. The van der Waals surface area contributed by atoms with E-state index < -0.39 is 4.92 Å². The molecule has 0 aliphatic carbocycles. The highest BCUT2D eigenvalue weighted by Crippen LogP contribution is 2.12. The molecule has 0 bridgehead atoms. The van der Waals surface area contributed by atoms with Gasteiger partial charge in [0.05, 0.1) is 10.6 Å². The van der Waals surface area contributed by atoms with Gasteiger partial charge in [-0.25, -0.2) is 0 Å². The zero-order valence-corrected chi connectivity index (χ0v) is 10.9. The maximum Gasteiger partial charge on any atom is 0.269 e. The molecule has 0 radical (unpaired) electrons. The van der Waals surface area contributed by atoms with E-state index >= 15 is 0 Å². The molecule has 0 fully saturated rings. The Morgan fingerprint density at radius 1 is 1.30 bits per heavy atom. The van der Waals surface area contributed by atoms with Crippen LogP contribution in [0.1, 0.15) is 18.2 Å². The third kappa shape index (κ3) is 3.61. The van der Waals surface area contributed by atoms with Gasteiger partial charge in [0.25, 0.3) is 5.69 Å². The van der Waals surface area contributed by atoms with E-state index in [1.165, 1.54) is 12.1 Å². The third-order valence-corrected chi connectivity index (χ3v) is 2.62. The van der Waals surface area contributed by atoms with Gasteiger partial charge >= 0.3 is 0 Å². The maximum absolute atomic E-state index is 10.5. The zero-order chi connectivity index (χ0) is 14.4. The van der Waals surface area contributed by atoms with Crippen LogP contribution in [0.3, 0.4) is 0 Å². The van der Waals surface area contributed by atoms with Crippen LogP contribution in [0.25, 0.3) is 0 Å². The van der Waals surface area contributed by atoms with Gasteiger partial charge in [-0.2, -0.15) is 0 Å². The molecule has 0 aliphatic rings. The molecule has 0 spiro atoms. The molecule has 1 aromatic heterocycles. The minimum Gasteiger partial charge on any atom is -0.391 e. The zero-order valence-electron chi connectivity index (χ0n) is 10.9. The van der Waals surface area contributed by atoms with E-state index in [9.17, 15) is 10.1 Å². The van der Waals surface area contributed by atoms with Gasteiger partial charge in [0.1, 0.15) is 12.3 Å². The standard InChI is InChI=1S/C14H13N3O3/c1-11(14-4-2-3-9-15-14)16-20-10-12-5-7-13(8-6-12)17(18)19/h2-9H,10H2,1H3/b16-11-. The first kappa shape index (κ1) is 13.7. The maximum atomic E-state index is 10.5. The average Bonchev–Trinajstić information content (AvgIpc) is 2.48. The summed E-state index contributed by atoms with van der Waals surface area (Å²) in [5.74, 6) is 0. The molecule has 6 nitrogen and oxygen atoms in total. The first-order valence-electron chi connectivity index (χ1n) is 5.98. The Kier molecular flexibility index (Phi) is 4.39. The van der Waals surface area contributed by atoms with Crippen molar-refractivity contribution in [1.82, 2.24) is 4.98 Å². The number of rotatable bonds is 5. The van der Waals surface area contributed by atoms with Crippen LogP contribution < -0.4 is 0 Å². The summed E-state index contributed by atoms with van der Waals surface area (Å²) < 4.78 is 0. The molecule has 0 aliphatic heterocycles. The van der Waals surface area contributed by atoms with E-state index in [1.807, 2.05) is 18.2 Å². The van der Waals surface area contributed by atoms with Crippen molar-refractivity contribution < 1.29 is 9.76 Å². The smallest absolute Gasteiger partial charge is 0.269 e. The second-order valence-electron chi connectivity index (χ2n) is 4.09. The Bertz CT molecular complexity index is 609. The van der Waals surface area contributed by atoms with Gasteiger partial charge in [-0.1, -0.05) is 11.2 Å². The number of nitrogens with zero attached hydrogens (tertiary/aromatic N) is 3. The third-order valence-electron chi connectivity index (χ3n) is 2.62. The van der Waals surface area contributed by atoms with Crippen molar-refractivity contribution in [2.45, 2.75) is 13.5 Å². The fourth-order valence-corrected chi connectivity index (χ4v) is 1.54. The van der Waals surface area contributed by atoms with Crippen LogP contribution in [0.15, 0.2) is 53.8 Å². The quantitative estimate of drug-likeness (QED) is 0.476. The number of hydrogen-bond acceptors (Lipinski definition) is 5. The van der Waals surface area contributed by atoms with Crippen LogP contribution in [-0.2, 0) is 11.4 Å². The Morgan fingerprint density at radius 2 is 2.05 bits per heavy atom. The van der Waals surface area contributed by atoms with E-state index in [1.54, 1.807) is 25.3 Å². The lowest BCUT2D eigenvalue weighted by Crippen LogP contribution is -1.99. The predicted molar refractivity (Wildman–Crippen MR) is 74.3 cm³/mol. The van der Waals surface area contributed by atoms with Crippen LogP contribution in [0.5, 0.6) is 0 Å². The molecule has 102 valence electrons. The molecular weight excluding hydrogens is 258 g/mol. The Labute approximate surface area is 115 Å². The predicted octanol–water partition coefficient (Wildman–Crippen LogP) is 2.93. The Morgan fingerprint density at radius 3 is 2.65 bits per heavy atom. The highest BCUT2D eigenvalue weighted by atomic mass is 16.6. The van der Waals surface area contributed by atoms with Crippen LogP contribution >= 0.6 is 0 Å². The number of non-ortho nitro benzene ring substituents is 1. The SMILES string of the molecule is C/C(=N/OCc1ccc([N+](=O)[O-])cc1)c1ccccn1. The summed E-state index contributed by atoms with van der Waals surface area (Å²) in [5, 5.41) is 14.5. The van der Waals surface area contributed by atoms with Gasteiger partial charge in [0, 0.05) is 18.3 Å². The van der Waals surface area contributed by atoms with Crippen LogP contribution in [0.4, 0.5) is 5.69 Å². The van der Waals surface area contributed by atoms with E-state index in [4.69, 9.17) is 4.84 Å². The first-order valence-corrected chi connectivity index (χ1v) is 5.98. The van der Waals surface area contributed by atoms with E-state index in [0.717, 1.165) is 11.3 Å². The molecule has 0 atom stereocenters. The van der Waals surface area contributed by atoms with Crippen molar-refractivity contribution in [3.05, 3.63) is 70.0 Å². The van der Waals surface area contributed by atoms with E-state index in [-0.39, 0.29) is 12.3 Å². The lowest BCUT2D eigenvalue weighted by Gasteiger charge is -2.02. The Balaban J connectivity index is 1.94. The minimum absolute atomic E-state index is 0.0573. The van der Waals surface area contributed by atoms with Crippen molar-refractivity contribution in [1.29, 1.82) is 0 Å². The summed E-state index contributed by atoms with van der Waals surface area (Å²) in [6, 6.07) is 11.7. The lowest BCUT2D eigenvalue weighted by atomic mass is 10.2. The fraction of sp³-hybridized carbons (Fsp3) is 0.143. The molecule has 0 amide bonds. The summed E-state index contributed by atoms with van der Waals surface area (Å²) in [7, 11) is 0. The number of aromatic nitrogens is 1. The van der Waals surface area contributed by atoms with Gasteiger partial charge in [0.2, 0.25) is 0 Å². The molecule has 0 saturated carbocycles. The summed E-state index contributed by atoms with van der Waals surface area (Å²) in [4.78, 5) is 19.4. The van der Waals surface area contributed by atoms with Crippen LogP contribution in [-0.4, -0.2) is 15.6 Å². The molecule has 2 aromatic rings. The number of nitro benzene ring substituents is 1. The monoisotopic (exact) mass is 271 g/mol. The Hall–Kier alpha value is -2.76. The molecule has 1 heterocycles. The van der Waals surface area contributed by atoms with Gasteiger partial charge in [-0.3, -0.25) is 15.1 Å². The topological polar surface area (TPSA) is 77.6 Å². The van der Waals surface area contributed by atoms with Crippen molar-refractivity contribution in [3.63, 3.8) is 0 Å². The van der Waals surface area contributed by atoms with E-state index in [0.29, 0.717) is 5.71 Å². The molecule has 6 heteroatoms. The molecule has 0 unspecified atom stereocenters. The molecular formula is C14H13N3O3. The summed E-state index contributed by atoms with van der Waals surface area (Å²) in [5.41, 5.74) is 2.29. The summed E-state index contributed by atoms with van der Waals surface area (Å²) in [6.45, 7) is 2.06. The highest BCUT2D eigenvalue weighted by Gasteiger charge is 2.04. The largest absolute Gasteiger partial charge is 0.391 e. The normalized spacial score (nSPS) is 11.2. The minimum atomic E-state index is -0.436. The summed E-state index contributed by atoms with van der Waals surface area (Å²) in [6.07, 6.45) is 1.69. The molecule has 0 saturated heterocycles. The van der Waals surface area contributed by atoms with Crippen LogP contribution in [0.2, 0.25) is 0 Å². The number of oxime groups is 1.